The van der Waals surface area contributed by atoms with Gasteiger partial charge in [-0.25, -0.2) is 0 Å². The van der Waals surface area contributed by atoms with Crippen molar-refractivity contribution in [3.63, 3.8) is 0 Å². The first-order valence-electron chi connectivity index (χ1n) is 6.12. The SMILES string of the molecule is CN(Cc1cccnc1)C(=O)c1cccc(C(N)=S)c1. The number of pyridine rings is 1. The Balaban J connectivity index is 2.14. The second kappa shape index (κ2) is 6.25. The summed E-state index contributed by atoms with van der Waals surface area (Å²) in [5, 5.41) is 0. The maximum atomic E-state index is 12.3. The van der Waals surface area contributed by atoms with Gasteiger partial charge in [0.05, 0.1) is 0 Å². The highest BCUT2D eigenvalue weighted by molar-refractivity contribution is 7.80. The Hall–Kier alpha value is -2.27. The van der Waals surface area contributed by atoms with Crippen LogP contribution in [0.3, 0.4) is 0 Å². The van der Waals surface area contributed by atoms with Gasteiger partial charge in [-0.2, -0.15) is 0 Å². The van der Waals surface area contributed by atoms with Crippen LogP contribution in [0.2, 0.25) is 0 Å². The molecule has 0 saturated heterocycles. The number of nitrogens with two attached hydrogens (primary N) is 1. The van der Waals surface area contributed by atoms with E-state index in [4.69, 9.17) is 18.0 Å². The van der Waals surface area contributed by atoms with Gasteiger partial charge in [-0.15, -0.1) is 0 Å². The Labute approximate surface area is 123 Å². The van der Waals surface area contributed by atoms with Gasteiger partial charge in [0.1, 0.15) is 4.99 Å². The number of benzene rings is 1. The van der Waals surface area contributed by atoms with Crippen LogP contribution < -0.4 is 5.73 Å². The summed E-state index contributed by atoms with van der Waals surface area (Å²) >= 11 is 4.92. The summed E-state index contributed by atoms with van der Waals surface area (Å²) in [4.78, 5) is 18.3. The molecule has 2 aromatic rings. The lowest BCUT2D eigenvalue weighted by Gasteiger charge is -2.17. The molecular formula is C15H15N3OS. The molecule has 0 radical (unpaired) electrons. The summed E-state index contributed by atoms with van der Waals surface area (Å²) in [5.74, 6) is -0.0769. The van der Waals surface area contributed by atoms with Gasteiger partial charge in [0.15, 0.2) is 0 Å². The number of carbonyl (C=O) groups is 1. The zero-order chi connectivity index (χ0) is 14.5. The number of nitrogens with zero attached hydrogens (tertiary/aromatic N) is 2. The van der Waals surface area contributed by atoms with E-state index in [0.29, 0.717) is 17.7 Å². The minimum absolute atomic E-state index is 0.0769. The summed E-state index contributed by atoms with van der Waals surface area (Å²) in [6.45, 7) is 0.504. The van der Waals surface area contributed by atoms with E-state index in [1.165, 1.54) is 0 Å². The molecule has 1 aromatic carbocycles. The fourth-order valence-electron chi connectivity index (χ4n) is 1.86. The number of rotatable bonds is 4. The van der Waals surface area contributed by atoms with Crippen LogP contribution in [-0.2, 0) is 6.54 Å². The molecule has 0 aliphatic heterocycles. The average Bonchev–Trinajstić information content (AvgIpc) is 2.47. The summed E-state index contributed by atoms with van der Waals surface area (Å²) in [6.07, 6.45) is 3.45. The first-order chi connectivity index (χ1) is 9.58. The van der Waals surface area contributed by atoms with Crippen molar-refractivity contribution in [2.24, 2.45) is 5.73 Å². The summed E-state index contributed by atoms with van der Waals surface area (Å²) in [6, 6.07) is 10.8. The predicted molar refractivity (Wildman–Crippen MR) is 82.4 cm³/mol. The molecule has 2 N–H and O–H groups in total. The Kier molecular flexibility index (Phi) is 4.42. The molecule has 1 aromatic heterocycles. The average molecular weight is 285 g/mol. The van der Waals surface area contributed by atoms with Crippen LogP contribution in [0, 0.1) is 0 Å². The highest BCUT2D eigenvalue weighted by Gasteiger charge is 2.12. The molecule has 0 fully saturated rings. The maximum Gasteiger partial charge on any atom is 0.253 e. The first kappa shape index (κ1) is 14.1. The number of hydrogen-bond donors (Lipinski definition) is 1. The molecule has 0 unspecified atom stereocenters. The molecule has 102 valence electrons. The zero-order valence-electron chi connectivity index (χ0n) is 11.1. The van der Waals surface area contributed by atoms with Gasteiger partial charge in [0, 0.05) is 37.1 Å². The van der Waals surface area contributed by atoms with Gasteiger partial charge in [0.25, 0.3) is 5.91 Å². The summed E-state index contributed by atoms with van der Waals surface area (Å²) < 4.78 is 0. The molecule has 0 saturated carbocycles. The Bertz CT molecular complexity index is 628. The quantitative estimate of drug-likeness (QED) is 0.873. The van der Waals surface area contributed by atoms with Crippen molar-refractivity contribution in [1.82, 2.24) is 9.88 Å². The molecule has 0 aliphatic rings. The van der Waals surface area contributed by atoms with E-state index >= 15 is 0 Å². The van der Waals surface area contributed by atoms with E-state index in [1.54, 1.807) is 48.6 Å². The number of thiocarbonyl (C=S) groups is 1. The highest BCUT2D eigenvalue weighted by Crippen LogP contribution is 2.10. The second-order valence-electron chi connectivity index (χ2n) is 4.47. The van der Waals surface area contributed by atoms with Crippen LogP contribution in [0.15, 0.2) is 48.8 Å². The molecular weight excluding hydrogens is 270 g/mol. The second-order valence-corrected chi connectivity index (χ2v) is 4.91. The lowest BCUT2D eigenvalue weighted by atomic mass is 10.1. The topological polar surface area (TPSA) is 59.2 Å². The van der Waals surface area contributed by atoms with Crippen LogP contribution in [0.1, 0.15) is 21.5 Å². The normalized spacial score (nSPS) is 10.1. The zero-order valence-corrected chi connectivity index (χ0v) is 11.9. The van der Waals surface area contributed by atoms with Crippen molar-refractivity contribution in [1.29, 1.82) is 0 Å². The molecule has 20 heavy (non-hydrogen) atoms. The molecule has 4 nitrogen and oxygen atoms in total. The van der Waals surface area contributed by atoms with Crippen molar-refractivity contribution in [3.05, 3.63) is 65.5 Å². The van der Waals surface area contributed by atoms with Gasteiger partial charge in [-0.1, -0.05) is 30.4 Å². The molecule has 0 bridgehead atoms. The van der Waals surface area contributed by atoms with E-state index in [9.17, 15) is 4.79 Å². The molecule has 0 atom stereocenters. The number of carbonyl (C=O) groups excluding carboxylic acids is 1. The van der Waals surface area contributed by atoms with Crippen LogP contribution in [0.25, 0.3) is 0 Å². The lowest BCUT2D eigenvalue weighted by Crippen LogP contribution is -2.26. The Morgan fingerprint density at radius 1 is 1.30 bits per heavy atom. The van der Waals surface area contributed by atoms with Gasteiger partial charge in [-0.3, -0.25) is 9.78 Å². The van der Waals surface area contributed by atoms with Crippen LogP contribution >= 0.6 is 12.2 Å². The van der Waals surface area contributed by atoms with Gasteiger partial charge in [0.2, 0.25) is 0 Å². The lowest BCUT2D eigenvalue weighted by molar-refractivity contribution is 0.0785. The minimum atomic E-state index is -0.0769. The molecule has 1 heterocycles. The van der Waals surface area contributed by atoms with Crippen molar-refractivity contribution in [2.75, 3.05) is 7.05 Å². The van der Waals surface area contributed by atoms with Gasteiger partial charge < -0.3 is 10.6 Å². The molecule has 1 amide bonds. The van der Waals surface area contributed by atoms with E-state index in [2.05, 4.69) is 4.98 Å². The Morgan fingerprint density at radius 2 is 2.05 bits per heavy atom. The monoisotopic (exact) mass is 285 g/mol. The van der Waals surface area contributed by atoms with Crippen molar-refractivity contribution < 1.29 is 4.79 Å². The Morgan fingerprint density at radius 3 is 2.70 bits per heavy atom. The van der Waals surface area contributed by atoms with E-state index in [-0.39, 0.29) is 10.9 Å². The molecule has 0 aliphatic carbocycles. The molecule has 0 spiro atoms. The fraction of sp³-hybridized carbons (Fsp3) is 0.133. The summed E-state index contributed by atoms with van der Waals surface area (Å²) in [7, 11) is 1.75. The molecule has 2 rings (SSSR count). The number of amides is 1. The van der Waals surface area contributed by atoms with Crippen LogP contribution in [-0.4, -0.2) is 27.8 Å². The first-order valence-corrected chi connectivity index (χ1v) is 6.53. The van der Waals surface area contributed by atoms with Gasteiger partial charge >= 0.3 is 0 Å². The number of hydrogen-bond acceptors (Lipinski definition) is 3. The van der Waals surface area contributed by atoms with Crippen LogP contribution in [0.5, 0.6) is 0 Å². The smallest absolute Gasteiger partial charge is 0.253 e. The van der Waals surface area contributed by atoms with E-state index in [1.807, 2.05) is 12.1 Å². The molecule has 5 heteroatoms. The largest absolute Gasteiger partial charge is 0.389 e. The van der Waals surface area contributed by atoms with E-state index in [0.717, 1.165) is 5.56 Å². The van der Waals surface area contributed by atoms with Crippen molar-refractivity contribution in [2.45, 2.75) is 6.54 Å². The minimum Gasteiger partial charge on any atom is -0.389 e. The van der Waals surface area contributed by atoms with E-state index < -0.39 is 0 Å². The van der Waals surface area contributed by atoms with Gasteiger partial charge in [-0.05, 0) is 23.8 Å². The van der Waals surface area contributed by atoms with Crippen molar-refractivity contribution >= 4 is 23.1 Å². The number of aromatic nitrogens is 1. The summed E-state index contributed by atoms with van der Waals surface area (Å²) in [5.41, 5.74) is 7.83. The third-order valence-electron chi connectivity index (χ3n) is 2.88. The predicted octanol–water partition coefficient (Wildman–Crippen LogP) is 1.99. The fourth-order valence-corrected chi connectivity index (χ4v) is 1.99. The third-order valence-corrected chi connectivity index (χ3v) is 3.12. The van der Waals surface area contributed by atoms with Crippen molar-refractivity contribution in [3.8, 4) is 0 Å². The standard InChI is InChI=1S/C15H15N3OS/c1-18(10-11-4-3-7-17-9-11)15(19)13-6-2-5-12(8-13)14(16)20/h2-9H,10H2,1H3,(H2,16,20). The van der Waals surface area contributed by atoms with Crippen LogP contribution in [0.4, 0.5) is 0 Å². The third kappa shape index (κ3) is 3.39. The maximum absolute atomic E-state index is 12.3. The highest BCUT2D eigenvalue weighted by atomic mass is 32.1.